The lowest BCUT2D eigenvalue weighted by molar-refractivity contribution is -0.384. The number of nitro benzene ring substituents is 1. The molecule has 0 fully saturated rings. The molecule has 0 aromatic heterocycles. The van der Waals surface area contributed by atoms with Crippen LogP contribution in [0.5, 0.6) is 0 Å². The molecule has 0 bridgehead atoms. The molecule has 0 aliphatic carbocycles. The van der Waals surface area contributed by atoms with E-state index in [1.54, 1.807) is 38.1 Å². The molecule has 1 N–H and O–H groups in total. The second-order valence-corrected chi connectivity index (χ2v) is 11.1. The Morgan fingerprint density at radius 3 is 2.32 bits per heavy atom. The maximum atomic E-state index is 13.7. The van der Waals surface area contributed by atoms with Crippen molar-refractivity contribution < 1.29 is 22.9 Å². The minimum atomic E-state index is -4.01. The molecule has 12 heteroatoms. The highest BCUT2D eigenvalue weighted by Crippen LogP contribution is 2.28. The first kappa shape index (κ1) is 30.0. The number of carbonyl (C=O) groups is 2. The molecule has 0 heterocycles. The second kappa shape index (κ2) is 13.4. The maximum Gasteiger partial charge on any atom is 0.271 e. The van der Waals surface area contributed by atoms with Gasteiger partial charge in [0.05, 0.1) is 16.9 Å². The first-order valence-corrected chi connectivity index (χ1v) is 14.2. The lowest BCUT2D eigenvalue weighted by Crippen LogP contribution is -2.52. The summed E-state index contributed by atoms with van der Waals surface area (Å²) in [6.45, 7) is 5.23. The summed E-state index contributed by atoms with van der Waals surface area (Å²) in [5.74, 6) is -0.959. The van der Waals surface area contributed by atoms with Gasteiger partial charge in [-0.1, -0.05) is 50.1 Å². The van der Waals surface area contributed by atoms with Crippen LogP contribution in [0, 0.1) is 17.0 Å². The van der Waals surface area contributed by atoms with Crippen molar-refractivity contribution in [3.8, 4) is 0 Å². The van der Waals surface area contributed by atoms with Gasteiger partial charge >= 0.3 is 0 Å². The largest absolute Gasteiger partial charge is 0.354 e. The Kier molecular flexibility index (Phi) is 10.9. The third-order valence-corrected chi connectivity index (χ3v) is 7.21. The summed E-state index contributed by atoms with van der Waals surface area (Å²) < 4.78 is 26.4. The molecule has 37 heavy (non-hydrogen) atoms. The quantitative estimate of drug-likeness (QED) is 0.227. The van der Waals surface area contributed by atoms with Crippen LogP contribution < -0.4 is 9.62 Å². The molecule has 0 spiro atoms. The van der Waals surface area contributed by atoms with Gasteiger partial charge in [0, 0.05) is 30.2 Å². The van der Waals surface area contributed by atoms with E-state index in [9.17, 15) is 28.1 Å². The van der Waals surface area contributed by atoms with Crippen molar-refractivity contribution in [1.82, 2.24) is 10.2 Å². The van der Waals surface area contributed by atoms with Gasteiger partial charge in [-0.05, 0) is 43.0 Å². The molecular formula is C25H33ClN4O6S. The molecule has 202 valence electrons. The zero-order chi connectivity index (χ0) is 27.8. The number of nitro groups is 1. The normalized spacial score (nSPS) is 12.0. The van der Waals surface area contributed by atoms with Gasteiger partial charge in [-0.25, -0.2) is 8.42 Å². The Morgan fingerprint density at radius 2 is 1.78 bits per heavy atom. The van der Waals surface area contributed by atoms with E-state index in [-0.39, 0.29) is 23.8 Å². The third-order valence-electron chi connectivity index (χ3n) is 5.83. The fourth-order valence-electron chi connectivity index (χ4n) is 3.79. The van der Waals surface area contributed by atoms with Gasteiger partial charge in [-0.15, -0.1) is 0 Å². The molecule has 0 aliphatic heterocycles. The molecule has 2 amide bonds. The van der Waals surface area contributed by atoms with E-state index < -0.39 is 33.4 Å². The predicted molar refractivity (Wildman–Crippen MR) is 144 cm³/mol. The van der Waals surface area contributed by atoms with Crippen molar-refractivity contribution in [2.24, 2.45) is 0 Å². The molecule has 2 aromatic carbocycles. The average Bonchev–Trinajstić information content (AvgIpc) is 2.83. The van der Waals surface area contributed by atoms with E-state index in [4.69, 9.17) is 11.6 Å². The average molecular weight is 553 g/mol. The van der Waals surface area contributed by atoms with Crippen LogP contribution in [-0.4, -0.2) is 55.4 Å². The number of halogens is 1. The third kappa shape index (κ3) is 8.43. The topological polar surface area (TPSA) is 130 Å². The molecule has 2 aromatic rings. The number of hydrogen-bond acceptors (Lipinski definition) is 6. The highest BCUT2D eigenvalue weighted by Gasteiger charge is 2.32. The second-order valence-electron chi connectivity index (χ2n) is 8.71. The summed E-state index contributed by atoms with van der Waals surface area (Å²) in [7, 11) is -4.01. The lowest BCUT2D eigenvalue weighted by Gasteiger charge is -2.33. The van der Waals surface area contributed by atoms with Crippen molar-refractivity contribution in [2.75, 3.05) is 23.7 Å². The molecule has 10 nitrogen and oxygen atoms in total. The van der Waals surface area contributed by atoms with Gasteiger partial charge in [-0.2, -0.15) is 0 Å². The predicted octanol–water partition coefficient (Wildman–Crippen LogP) is 4.05. The van der Waals surface area contributed by atoms with Crippen LogP contribution in [0.4, 0.5) is 11.4 Å². The Hall–Kier alpha value is -3.18. The van der Waals surface area contributed by atoms with E-state index in [1.165, 1.54) is 17.0 Å². The number of aryl methyl sites for hydroxylation is 1. The first-order valence-electron chi connectivity index (χ1n) is 11.9. The number of anilines is 1. The number of nitrogens with one attached hydrogen (secondary N) is 1. The minimum absolute atomic E-state index is 0.0249. The van der Waals surface area contributed by atoms with Crippen LogP contribution in [0.2, 0.25) is 5.02 Å². The molecule has 1 atom stereocenters. The van der Waals surface area contributed by atoms with Gasteiger partial charge < -0.3 is 10.2 Å². The Morgan fingerprint density at radius 1 is 1.14 bits per heavy atom. The van der Waals surface area contributed by atoms with Crippen molar-refractivity contribution >= 4 is 44.8 Å². The Labute approximate surface area is 222 Å². The SMILES string of the molecule is CCCCNC(=O)C(CC)N(Cc1ccc(Cl)cc1)C(=O)CN(c1cc([N+](=O)[O-])ccc1C)S(C)(=O)=O. The lowest BCUT2D eigenvalue weighted by atomic mass is 10.1. The summed E-state index contributed by atoms with van der Waals surface area (Å²) in [4.78, 5) is 38.7. The summed E-state index contributed by atoms with van der Waals surface area (Å²) in [6, 6.07) is 9.75. The van der Waals surface area contributed by atoms with E-state index in [0.29, 0.717) is 29.1 Å². The summed E-state index contributed by atoms with van der Waals surface area (Å²) in [6.07, 6.45) is 2.89. The number of carbonyl (C=O) groups excluding carboxylic acids is 2. The van der Waals surface area contributed by atoms with E-state index >= 15 is 0 Å². The minimum Gasteiger partial charge on any atom is -0.354 e. The number of nitrogens with zero attached hydrogens (tertiary/aromatic N) is 3. The summed E-state index contributed by atoms with van der Waals surface area (Å²) in [5.41, 5.74) is 0.866. The molecule has 1 unspecified atom stereocenters. The number of sulfonamides is 1. The number of benzene rings is 2. The number of unbranched alkanes of at least 4 members (excludes halogenated alkanes) is 1. The van der Waals surface area contributed by atoms with Gasteiger partial charge in [0.2, 0.25) is 21.8 Å². The fraction of sp³-hybridized carbons (Fsp3) is 0.440. The van der Waals surface area contributed by atoms with E-state index in [0.717, 1.165) is 29.5 Å². The van der Waals surface area contributed by atoms with E-state index in [2.05, 4.69) is 5.32 Å². The van der Waals surface area contributed by atoms with Gasteiger partial charge in [0.1, 0.15) is 12.6 Å². The fourth-order valence-corrected chi connectivity index (χ4v) is 4.81. The Bertz CT molecular complexity index is 1220. The Balaban J connectivity index is 2.48. The first-order chi connectivity index (χ1) is 17.4. The molecular weight excluding hydrogens is 520 g/mol. The van der Waals surface area contributed by atoms with Crippen LogP contribution in [-0.2, 0) is 26.2 Å². The molecule has 0 saturated heterocycles. The summed E-state index contributed by atoms with van der Waals surface area (Å²) in [5, 5.41) is 14.7. The van der Waals surface area contributed by atoms with Crippen LogP contribution in [0.15, 0.2) is 42.5 Å². The molecule has 2 rings (SSSR count). The van der Waals surface area contributed by atoms with Crippen molar-refractivity contribution in [1.29, 1.82) is 0 Å². The van der Waals surface area contributed by atoms with Gasteiger partial charge in [0.15, 0.2) is 0 Å². The van der Waals surface area contributed by atoms with Crippen LogP contribution in [0.1, 0.15) is 44.2 Å². The highest BCUT2D eigenvalue weighted by molar-refractivity contribution is 7.92. The van der Waals surface area contributed by atoms with Gasteiger partial charge in [0.25, 0.3) is 5.69 Å². The number of non-ortho nitro benzene ring substituents is 1. The van der Waals surface area contributed by atoms with Crippen LogP contribution in [0.3, 0.4) is 0 Å². The van der Waals surface area contributed by atoms with E-state index in [1.807, 2.05) is 6.92 Å². The molecule has 0 aliphatic rings. The zero-order valence-electron chi connectivity index (χ0n) is 21.4. The smallest absolute Gasteiger partial charge is 0.271 e. The standard InChI is InChI=1S/C25H33ClN4O6S/c1-5-7-14-27-25(32)22(6-2)28(16-19-9-11-20(26)12-10-19)24(31)17-29(37(4,35)36)23-15-21(30(33)34)13-8-18(23)3/h8-13,15,22H,5-7,14,16-17H2,1-4H3,(H,27,32). The van der Waals surface area contributed by atoms with Crippen molar-refractivity contribution in [3.63, 3.8) is 0 Å². The zero-order valence-corrected chi connectivity index (χ0v) is 23.0. The van der Waals surface area contributed by atoms with Crippen LogP contribution in [0.25, 0.3) is 0 Å². The van der Waals surface area contributed by atoms with Crippen LogP contribution >= 0.6 is 11.6 Å². The maximum absolute atomic E-state index is 13.7. The molecule has 0 saturated carbocycles. The number of amides is 2. The van der Waals surface area contributed by atoms with Crippen molar-refractivity contribution in [2.45, 2.75) is 52.6 Å². The number of hydrogen-bond donors (Lipinski definition) is 1. The van der Waals surface area contributed by atoms with Gasteiger partial charge in [-0.3, -0.25) is 24.0 Å². The molecule has 0 radical (unpaired) electrons. The summed E-state index contributed by atoms with van der Waals surface area (Å²) >= 11 is 5.99. The number of rotatable bonds is 13. The highest BCUT2D eigenvalue weighted by atomic mass is 35.5. The monoisotopic (exact) mass is 552 g/mol. The van der Waals surface area contributed by atoms with Crippen molar-refractivity contribution in [3.05, 3.63) is 68.7 Å².